The molecule has 0 unspecified atom stereocenters. The summed E-state index contributed by atoms with van der Waals surface area (Å²) in [6.07, 6.45) is 0. The molecule has 0 saturated carbocycles. The first-order valence-electron chi connectivity index (χ1n) is 8.32. The fourth-order valence-corrected chi connectivity index (χ4v) is 4.13. The zero-order valence-electron chi connectivity index (χ0n) is 14.2. The molecule has 0 spiro atoms. The lowest BCUT2D eigenvalue weighted by Gasteiger charge is -2.31. The van der Waals surface area contributed by atoms with Crippen LogP contribution in [0.15, 0.2) is 48.5 Å². The molecule has 1 fully saturated rings. The SMILES string of the molecule is O=C(O)c1ccc(N2CCNCC2)c(NS(=O)(=O)Cc2ccccc2)c1. The molecule has 0 amide bonds. The van der Waals surface area contributed by atoms with E-state index in [4.69, 9.17) is 0 Å². The van der Waals surface area contributed by atoms with Crippen LogP contribution in [-0.2, 0) is 15.8 Å². The van der Waals surface area contributed by atoms with Crippen molar-refractivity contribution in [3.05, 3.63) is 59.7 Å². The summed E-state index contributed by atoms with van der Waals surface area (Å²) in [5.74, 6) is -1.27. The number of hydrogen-bond donors (Lipinski definition) is 3. The molecule has 2 aromatic rings. The Hall–Kier alpha value is -2.58. The Bertz CT molecular complexity index is 879. The average molecular weight is 375 g/mol. The minimum Gasteiger partial charge on any atom is -0.478 e. The van der Waals surface area contributed by atoms with Crippen molar-refractivity contribution >= 4 is 27.4 Å². The first-order chi connectivity index (χ1) is 12.4. The van der Waals surface area contributed by atoms with E-state index in [-0.39, 0.29) is 11.3 Å². The van der Waals surface area contributed by atoms with Crippen molar-refractivity contribution in [2.24, 2.45) is 0 Å². The minimum atomic E-state index is -3.68. The highest BCUT2D eigenvalue weighted by Crippen LogP contribution is 2.29. The maximum atomic E-state index is 12.6. The van der Waals surface area contributed by atoms with Gasteiger partial charge in [-0.15, -0.1) is 0 Å². The van der Waals surface area contributed by atoms with Gasteiger partial charge in [-0.1, -0.05) is 30.3 Å². The molecular weight excluding hydrogens is 354 g/mol. The number of carboxylic acid groups (broad SMARTS) is 1. The molecule has 1 aliphatic heterocycles. The summed E-state index contributed by atoms with van der Waals surface area (Å²) < 4.78 is 27.8. The summed E-state index contributed by atoms with van der Waals surface area (Å²) in [6, 6.07) is 13.4. The van der Waals surface area contributed by atoms with Gasteiger partial charge >= 0.3 is 5.97 Å². The van der Waals surface area contributed by atoms with Crippen LogP contribution in [0.2, 0.25) is 0 Å². The van der Waals surface area contributed by atoms with Gasteiger partial charge in [0.25, 0.3) is 0 Å². The van der Waals surface area contributed by atoms with E-state index in [1.54, 1.807) is 30.3 Å². The molecule has 26 heavy (non-hydrogen) atoms. The number of carbonyl (C=O) groups is 1. The van der Waals surface area contributed by atoms with Crippen LogP contribution in [0.1, 0.15) is 15.9 Å². The Morgan fingerprint density at radius 3 is 2.46 bits per heavy atom. The molecule has 138 valence electrons. The number of nitrogens with one attached hydrogen (secondary N) is 2. The van der Waals surface area contributed by atoms with E-state index in [2.05, 4.69) is 10.0 Å². The molecule has 0 aromatic heterocycles. The molecule has 1 heterocycles. The predicted octanol–water partition coefficient (Wildman–Crippen LogP) is 1.74. The molecule has 2 aromatic carbocycles. The summed E-state index contributed by atoms with van der Waals surface area (Å²) in [5.41, 5.74) is 1.69. The van der Waals surface area contributed by atoms with Crippen molar-refractivity contribution in [2.75, 3.05) is 35.8 Å². The molecule has 0 aliphatic carbocycles. The number of sulfonamides is 1. The number of hydrogen-bond acceptors (Lipinski definition) is 5. The third-order valence-electron chi connectivity index (χ3n) is 4.17. The van der Waals surface area contributed by atoms with Gasteiger partial charge in [0.15, 0.2) is 0 Å². The zero-order valence-corrected chi connectivity index (χ0v) is 15.0. The summed E-state index contributed by atoms with van der Waals surface area (Å²) >= 11 is 0. The van der Waals surface area contributed by atoms with Gasteiger partial charge < -0.3 is 15.3 Å². The molecule has 0 radical (unpaired) electrons. The molecule has 1 aliphatic rings. The van der Waals surface area contributed by atoms with Gasteiger partial charge in [0.2, 0.25) is 10.0 Å². The minimum absolute atomic E-state index is 0.0429. The Kier molecular flexibility index (Phi) is 5.43. The Morgan fingerprint density at radius 2 is 1.81 bits per heavy atom. The van der Waals surface area contributed by atoms with E-state index < -0.39 is 16.0 Å². The van der Waals surface area contributed by atoms with Gasteiger partial charge in [0, 0.05) is 26.2 Å². The van der Waals surface area contributed by atoms with Crippen LogP contribution in [-0.4, -0.2) is 45.7 Å². The second-order valence-electron chi connectivity index (χ2n) is 6.12. The zero-order chi connectivity index (χ0) is 18.6. The lowest BCUT2D eigenvalue weighted by atomic mass is 10.1. The summed E-state index contributed by atoms with van der Waals surface area (Å²) in [6.45, 7) is 3.02. The molecule has 3 N–H and O–H groups in total. The van der Waals surface area contributed by atoms with Crippen LogP contribution in [0.25, 0.3) is 0 Å². The largest absolute Gasteiger partial charge is 0.478 e. The Morgan fingerprint density at radius 1 is 1.12 bits per heavy atom. The lowest BCUT2D eigenvalue weighted by molar-refractivity contribution is 0.0697. The molecular formula is C18H21N3O4S. The van der Waals surface area contributed by atoms with Gasteiger partial charge in [0.1, 0.15) is 0 Å². The molecule has 0 bridgehead atoms. The van der Waals surface area contributed by atoms with Crippen LogP contribution in [0, 0.1) is 0 Å². The van der Waals surface area contributed by atoms with E-state index >= 15 is 0 Å². The number of carboxylic acids is 1. The second kappa shape index (κ2) is 7.76. The van der Waals surface area contributed by atoms with Crippen molar-refractivity contribution in [3.8, 4) is 0 Å². The van der Waals surface area contributed by atoms with Crippen molar-refractivity contribution < 1.29 is 18.3 Å². The van der Waals surface area contributed by atoms with E-state index in [0.29, 0.717) is 16.9 Å². The van der Waals surface area contributed by atoms with Gasteiger partial charge in [-0.3, -0.25) is 4.72 Å². The van der Waals surface area contributed by atoms with Gasteiger partial charge in [-0.05, 0) is 23.8 Å². The molecule has 0 atom stereocenters. The van der Waals surface area contributed by atoms with Crippen LogP contribution in [0.4, 0.5) is 11.4 Å². The highest BCUT2D eigenvalue weighted by Gasteiger charge is 2.20. The maximum absolute atomic E-state index is 12.6. The first kappa shape index (κ1) is 18.2. The van der Waals surface area contributed by atoms with Crippen molar-refractivity contribution in [3.63, 3.8) is 0 Å². The lowest BCUT2D eigenvalue weighted by Crippen LogP contribution is -2.43. The summed E-state index contributed by atoms with van der Waals surface area (Å²) in [7, 11) is -3.68. The number of aromatic carboxylic acids is 1. The third kappa shape index (κ3) is 4.53. The fraction of sp³-hybridized carbons (Fsp3) is 0.278. The van der Waals surface area contributed by atoms with Crippen LogP contribution in [0.5, 0.6) is 0 Å². The highest BCUT2D eigenvalue weighted by molar-refractivity contribution is 7.91. The third-order valence-corrected chi connectivity index (χ3v) is 5.41. The number of anilines is 2. The normalized spacial score (nSPS) is 14.8. The van der Waals surface area contributed by atoms with E-state index in [0.717, 1.165) is 26.2 Å². The number of benzene rings is 2. The predicted molar refractivity (Wildman–Crippen MR) is 101 cm³/mol. The van der Waals surface area contributed by atoms with E-state index in [1.807, 2.05) is 11.0 Å². The van der Waals surface area contributed by atoms with Gasteiger partial charge in [0.05, 0.1) is 22.7 Å². The van der Waals surface area contributed by atoms with Crippen LogP contribution in [0.3, 0.4) is 0 Å². The van der Waals surface area contributed by atoms with Crippen LogP contribution >= 0.6 is 0 Å². The van der Waals surface area contributed by atoms with Crippen LogP contribution < -0.4 is 14.9 Å². The van der Waals surface area contributed by atoms with E-state index in [9.17, 15) is 18.3 Å². The summed E-state index contributed by atoms with van der Waals surface area (Å²) in [5, 5.41) is 12.5. The van der Waals surface area contributed by atoms with E-state index in [1.165, 1.54) is 12.1 Å². The smallest absolute Gasteiger partial charge is 0.335 e. The van der Waals surface area contributed by atoms with Crippen molar-refractivity contribution in [2.45, 2.75) is 5.75 Å². The summed E-state index contributed by atoms with van der Waals surface area (Å²) in [4.78, 5) is 13.3. The van der Waals surface area contributed by atoms with Crippen molar-refractivity contribution in [1.29, 1.82) is 0 Å². The monoisotopic (exact) mass is 375 g/mol. The Labute approximate surface area is 152 Å². The van der Waals surface area contributed by atoms with Crippen molar-refractivity contribution in [1.82, 2.24) is 5.32 Å². The van der Waals surface area contributed by atoms with Gasteiger partial charge in [-0.25, -0.2) is 13.2 Å². The maximum Gasteiger partial charge on any atom is 0.335 e. The topological polar surface area (TPSA) is 98.7 Å². The molecule has 7 nitrogen and oxygen atoms in total. The Balaban J connectivity index is 1.90. The number of nitrogens with zero attached hydrogens (tertiary/aromatic N) is 1. The second-order valence-corrected chi connectivity index (χ2v) is 7.84. The quantitative estimate of drug-likeness (QED) is 0.711. The average Bonchev–Trinajstić information content (AvgIpc) is 2.62. The van der Waals surface area contributed by atoms with Gasteiger partial charge in [-0.2, -0.15) is 0 Å². The molecule has 8 heteroatoms. The highest BCUT2D eigenvalue weighted by atomic mass is 32.2. The molecule has 1 saturated heterocycles. The first-order valence-corrected chi connectivity index (χ1v) is 9.97. The fourth-order valence-electron chi connectivity index (χ4n) is 2.93. The molecule has 3 rings (SSSR count). The number of piperazine rings is 1. The number of rotatable bonds is 6. The standard InChI is InChI=1S/C18H21N3O4S/c22-18(23)15-6-7-17(21-10-8-19-9-11-21)16(12-15)20-26(24,25)13-14-4-2-1-3-5-14/h1-7,12,19-20H,8-11,13H2,(H,22,23).